The molecule has 1 aromatic carbocycles. The van der Waals surface area contributed by atoms with Gasteiger partial charge in [-0.1, -0.05) is 6.92 Å². The molecule has 1 N–H and O–H groups in total. The number of hydrogen-bond donors (Lipinski definition) is 1. The fourth-order valence-corrected chi connectivity index (χ4v) is 1.48. The van der Waals surface area contributed by atoms with Crippen molar-refractivity contribution in [1.82, 2.24) is 0 Å². The Morgan fingerprint density at radius 2 is 2.00 bits per heavy atom. The highest BCUT2D eigenvalue weighted by molar-refractivity contribution is 5.47. The van der Waals surface area contributed by atoms with Gasteiger partial charge in [0, 0.05) is 5.56 Å². The summed E-state index contributed by atoms with van der Waals surface area (Å²) >= 11 is 0. The Bertz CT molecular complexity index is 292. The van der Waals surface area contributed by atoms with Crippen molar-refractivity contribution in [2.24, 2.45) is 0 Å². The SMILES string of the molecule is CCOc1ccc(O)c(CC)c1C. The van der Waals surface area contributed by atoms with Crippen molar-refractivity contribution >= 4 is 0 Å². The highest BCUT2D eigenvalue weighted by Crippen LogP contribution is 2.29. The zero-order chi connectivity index (χ0) is 9.84. The van der Waals surface area contributed by atoms with E-state index >= 15 is 0 Å². The number of rotatable bonds is 3. The van der Waals surface area contributed by atoms with E-state index in [2.05, 4.69) is 0 Å². The molecule has 2 heteroatoms. The molecule has 2 nitrogen and oxygen atoms in total. The van der Waals surface area contributed by atoms with Crippen molar-refractivity contribution in [1.29, 1.82) is 0 Å². The Morgan fingerprint density at radius 3 is 2.54 bits per heavy atom. The summed E-state index contributed by atoms with van der Waals surface area (Å²) in [5.74, 6) is 1.24. The van der Waals surface area contributed by atoms with Crippen LogP contribution in [0.25, 0.3) is 0 Å². The molecule has 0 bridgehead atoms. The van der Waals surface area contributed by atoms with Crippen LogP contribution in [0.15, 0.2) is 12.1 Å². The fourth-order valence-electron chi connectivity index (χ4n) is 1.48. The first-order valence-electron chi connectivity index (χ1n) is 4.64. The quantitative estimate of drug-likeness (QED) is 0.774. The largest absolute Gasteiger partial charge is 0.508 e. The number of phenols is 1. The summed E-state index contributed by atoms with van der Waals surface area (Å²) < 4.78 is 5.42. The van der Waals surface area contributed by atoms with E-state index in [0.29, 0.717) is 12.4 Å². The molecule has 13 heavy (non-hydrogen) atoms. The third-order valence-electron chi connectivity index (χ3n) is 2.18. The van der Waals surface area contributed by atoms with Gasteiger partial charge in [-0.05, 0) is 38.0 Å². The predicted molar refractivity (Wildman–Crippen MR) is 53.4 cm³/mol. The molecule has 0 aliphatic rings. The summed E-state index contributed by atoms with van der Waals surface area (Å²) in [7, 11) is 0. The van der Waals surface area contributed by atoms with Crippen LogP contribution in [0.2, 0.25) is 0 Å². The maximum Gasteiger partial charge on any atom is 0.122 e. The molecule has 0 heterocycles. The smallest absolute Gasteiger partial charge is 0.122 e. The van der Waals surface area contributed by atoms with E-state index in [1.807, 2.05) is 26.8 Å². The predicted octanol–water partition coefficient (Wildman–Crippen LogP) is 2.66. The molecule has 0 amide bonds. The Labute approximate surface area is 79.2 Å². The van der Waals surface area contributed by atoms with Gasteiger partial charge in [-0.2, -0.15) is 0 Å². The summed E-state index contributed by atoms with van der Waals surface area (Å²) in [6.07, 6.45) is 0.832. The van der Waals surface area contributed by atoms with Crippen LogP contribution < -0.4 is 4.74 Å². The number of aromatic hydroxyl groups is 1. The van der Waals surface area contributed by atoms with Gasteiger partial charge in [0.25, 0.3) is 0 Å². The molecule has 0 saturated carbocycles. The molecule has 0 aliphatic heterocycles. The summed E-state index contributed by atoms with van der Waals surface area (Å²) in [5.41, 5.74) is 2.02. The van der Waals surface area contributed by atoms with Gasteiger partial charge in [-0.3, -0.25) is 0 Å². The molecule has 72 valence electrons. The zero-order valence-electron chi connectivity index (χ0n) is 8.42. The molecule has 0 aliphatic carbocycles. The summed E-state index contributed by atoms with van der Waals surface area (Å²) in [5, 5.41) is 9.53. The second-order valence-corrected chi connectivity index (χ2v) is 2.97. The lowest BCUT2D eigenvalue weighted by molar-refractivity contribution is 0.336. The molecular formula is C11H16O2. The minimum absolute atomic E-state index is 0.364. The first-order valence-corrected chi connectivity index (χ1v) is 4.64. The Hall–Kier alpha value is -1.18. The van der Waals surface area contributed by atoms with E-state index in [1.165, 1.54) is 0 Å². The van der Waals surface area contributed by atoms with Crippen LogP contribution in [-0.2, 0) is 6.42 Å². The van der Waals surface area contributed by atoms with Gasteiger partial charge in [0.2, 0.25) is 0 Å². The van der Waals surface area contributed by atoms with Crippen molar-refractivity contribution in [2.75, 3.05) is 6.61 Å². The molecule has 0 spiro atoms. The summed E-state index contributed by atoms with van der Waals surface area (Å²) in [6, 6.07) is 3.50. The van der Waals surface area contributed by atoms with Gasteiger partial charge >= 0.3 is 0 Å². The standard InChI is InChI=1S/C11H16O2/c1-4-9-8(3)11(13-5-2)7-6-10(9)12/h6-7,12H,4-5H2,1-3H3. The Balaban J connectivity index is 3.11. The fraction of sp³-hybridized carbons (Fsp3) is 0.455. The van der Waals surface area contributed by atoms with Gasteiger partial charge in [0.05, 0.1) is 6.61 Å². The van der Waals surface area contributed by atoms with Crippen LogP contribution in [0.1, 0.15) is 25.0 Å². The first kappa shape index (κ1) is 9.90. The number of hydrogen-bond acceptors (Lipinski definition) is 2. The molecule has 0 atom stereocenters. The molecule has 1 rings (SSSR count). The maximum atomic E-state index is 9.53. The highest BCUT2D eigenvalue weighted by atomic mass is 16.5. The third-order valence-corrected chi connectivity index (χ3v) is 2.18. The van der Waals surface area contributed by atoms with E-state index in [1.54, 1.807) is 6.07 Å². The number of benzene rings is 1. The molecular weight excluding hydrogens is 164 g/mol. The van der Waals surface area contributed by atoms with Crippen LogP contribution in [0.5, 0.6) is 11.5 Å². The Kier molecular flexibility index (Phi) is 3.18. The highest BCUT2D eigenvalue weighted by Gasteiger charge is 2.07. The van der Waals surface area contributed by atoms with E-state index in [4.69, 9.17) is 4.74 Å². The van der Waals surface area contributed by atoms with Crippen LogP contribution in [0.3, 0.4) is 0 Å². The zero-order valence-corrected chi connectivity index (χ0v) is 8.42. The van der Waals surface area contributed by atoms with Crippen LogP contribution in [0, 0.1) is 6.92 Å². The lowest BCUT2D eigenvalue weighted by atomic mass is 10.0. The molecule has 1 aromatic rings. The monoisotopic (exact) mass is 180 g/mol. The lowest BCUT2D eigenvalue weighted by Gasteiger charge is -2.11. The normalized spacial score (nSPS) is 10.1. The average molecular weight is 180 g/mol. The summed E-state index contributed by atoms with van der Waals surface area (Å²) in [4.78, 5) is 0. The van der Waals surface area contributed by atoms with Gasteiger partial charge < -0.3 is 9.84 Å². The van der Waals surface area contributed by atoms with E-state index in [9.17, 15) is 5.11 Å². The van der Waals surface area contributed by atoms with Gasteiger partial charge in [0.15, 0.2) is 0 Å². The van der Waals surface area contributed by atoms with Crippen molar-refractivity contribution in [2.45, 2.75) is 27.2 Å². The minimum atomic E-state index is 0.364. The number of ether oxygens (including phenoxy) is 1. The molecule has 0 saturated heterocycles. The molecule has 0 fully saturated rings. The Morgan fingerprint density at radius 1 is 1.31 bits per heavy atom. The van der Waals surface area contributed by atoms with E-state index in [-0.39, 0.29) is 0 Å². The molecule has 0 radical (unpaired) electrons. The summed E-state index contributed by atoms with van der Waals surface area (Å²) in [6.45, 7) is 6.62. The van der Waals surface area contributed by atoms with Gasteiger partial charge in [0.1, 0.15) is 11.5 Å². The second-order valence-electron chi connectivity index (χ2n) is 2.97. The van der Waals surface area contributed by atoms with Crippen molar-refractivity contribution < 1.29 is 9.84 Å². The van der Waals surface area contributed by atoms with E-state index in [0.717, 1.165) is 23.3 Å². The van der Waals surface area contributed by atoms with Crippen LogP contribution >= 0.6 is 0 Å². The molecule has 0 unspecified atom stereocenters. The number of phenolic OH excluding ortho intramolecular Hbond substituents is 1. The maximum absolute atomic E-state index is 9.53. The lowest BCUT2D eigenvalue weighted by Crippen LogP contribution is -1.97. The van der Waals surface area contributed by atoms with Crippen LogP contribution in [-0.4, -0.2) is 11.7 Å². The van der Waals surface area contributed by atoms with Crippen LogP contribution in [0.4, 0.5) is 0 Å². The van der Waals surface area contributed by atoms with Crippen molar-refractivity contribution in [3.8, 4) is 11.5 Å². The second kappa shape index (κ2) is 4.17. The van der Waals surface area contributed by atoms with Gasteiger partial charge in [-0.15, -0.1) is 0 Å². The van der Waals surface area contributed by atoms with E-state index < -0.39 is 0 Å². The van der Waals surface area contributed by atoms with Gasteiger partial charge in [-0.25, -0.2) is 0 Å². The van der Waals surface area contributed by atoms with Crippen molar-refractivity contribution in [3.05, 3.63) is 23.3 Å². The minimum Gasteiger partial charge on any atom is -0.508 e. The molecule has 0 aromatic heterocycles. The van der Waals surface area contributed by atoms with Crippen molar-refractivity contribution in [3.63, 3.8) is 0 Å². The average Bonchev–Trinajstić information content (AvgIpc) is 2.11. The third kappa shape index (κ3) is 1.94. The topological polar surface area (TPSA) is 29.5 Å². The first-order chi connectivity index (χ1) is 6.20.